The Kier molecular flexibility index (Phi) is 5.91. The Morgan fingerprint density at radius 3 is 2.46 bits per heavy atom. The summed E-state index contributed by atoms with van der Waals surface area (Å²) >= 11 is 0. The highest BCUT2D eigenvalue weighted by Crippen LogP contribution is 2.35. The molecule has 186 valence electrons. The lowest BCUT2D eigenvalue weighted by Gasteiger charge is -2.14. The summed E-state index contributed by atoms with van der Waals surface area (Å²) in [6.45, 7) is 0.914. The summed E-state index contributed by atoms with van der Waals surface area (Å²) in [5.74, 6) is 0.514. The minimum Gasteiger partial charge on any atom is -0.456 e. The first-order chi connectivity index (χ1) is 18.0. The van der Waals surface area contributed by atoms with Gasteiger partial charge in [-0.05, 0) is 42.5 Å². The van der Waals surface area contributed by atoms with Gasteiger partial charge in [0.1, 0.15) is 23.7 Å². The summed E-state index contributed by atoms with van der Waals surface area (Å²) in [5.41, 5.74) is 0.865. The number of furan rings is 1. The van der Waals surface area contributed by atoms with E-state index in [1.807, 2.05) is 0 Å². The molecule has 0 amide bonds. The predicted molar refractivity (Wildman–Crippen MR) is 133 cm³/mol. The summed E-state index contributed by atoms with van der Waals surface area (Å²) in [4.78, 5) is 8.76. The number of nitrogens with zero attached hydrogens (tertiary/aromatic N) is 2. The molecule has 0 bridgehead atoms. The quantitative estimate of drug-likeness (QED) is 0.308. The van der Waals surface area contributed by atoms with E-state index in [0.29, 0.717) is 41.4 Å². The molecule has 0 atom stereocenters. The van der Waals surface area contributed by atoms with E-state index in [1.54, 1.807) is 66.7 Å². The van der Waals surface area contributed by atoms with Crippen LogP contribution in [0, 0.1) is 5.82 Å². The molecule has 0 radical (unpaired) electrons. The van der Waals surface area contributed by atoms with Crippen molar-refractivity contribution in [3.63, 3.8) is 0 Å². The lowest BCUT2D eigenvalue weighted by molar-refractivity contribution is -0.0585. The van der Waals surface area contributed by atoms with Crippen LogP contribution >= 0.6 is 0 Å². The second-order valence-corrected chi connectivity index (χ2v) is 10.2. The molecule has 37 heavy (non-hydrogen) atoms. The standard InChI is InChI=1S/C27H20FN3O5S/c28-20-15-22-19(14-18(20)23-10-11-24(36-23)27-34-12-13-35-27)26(30-16-29-22)31-21-8-4-5-9-25(21)37(32,33)17-6-2-1-3-7-17/h1-11,14-16,27H,12-13H2,(H,29,30,31). The molecule has 2 aromatic heterocycles. The Labute approximate surface area is 211 Å². The highest BCUT2D eigenvalue weighted by Gasteiger charge is 2.24. The first kappa shape index (κ1) is 23.3. The van der Waals surface area contributed by atoms with E-state index in [-0.39, 0.29) is 21.1 Å². The minimum atomic E-state index is -3.81. The zero-order valence-electron chi connectivity index (χ0n) is 19.3. The van der Waals surface area contributed by atoms with Gasteiger partial charge in [-0.15, -0.1) is 0 Å². The topological polar surface area (TPSA) is 104 Å². The fraction of sp³-hybridized carbons (Fsp3) is 0.111. The molecule has 5 aromatic rings. The molecule has 3 aromatic carbocycles. The van der Waals surface area contributed by atoms with Crippen LogP contribution in [0.4, 0.5) is 15.9 Å². The molecule has 1 N–H and O–H groups in total. The number of hydrogen-bond donors (Lipinski definition) is 1. The van der Waals surface area contributed by atoms with E-state index in [9.17, 15) is 8.42 Å². The van der Waals surface area contributed by atoms with Gasteiger partial charge in [0.25, 0.3) is 0 Å². The second kappa shape index (κ2) is 9.40. The van der Waals surface area contributed by atoms with E-state index in [4.69, 9.17) is 13.9 Å². The van der Waals surface area contributed by atoms with Crippen LogP contribution in [0.3, 0.4) is 0 Å². The first-order valence-electron chi connectivity index (χ1n) is 11.4. The van der Waals surface area contributed by atoms with Crippen molar-refractivity contribution in [1.29, 1.82) is 0 Å². The zero-order valence-corrected chi connectivity index (χ0v) is 20.1. The maximum absolute atomic E-state index is 15.1. The van der Waals surface area contributed by atoms with E-state index < -0.39 is 21.9 Å². The number of nitrogens with one attached hydrogen (secondary N) is 1. The van der Waals surface area contributed by atoms with Crippen LogP contribution in [0.5, 0.6) is 0 Å². The molecular weight excluding hydrogens is 497 g/mol. The molecule has 1 fully saturated rings. The fourth-order valence-corrected chi connectivity index (χ4v) is 5.61. The van der Waals surface area contributed by atoms with Crippen LogP contribution in [0.15, 0.2) is 99.4 Å². The summed E-state index contributed by atoms with van der Waals surface area (Å²) in [7, 11) is -3.81. The average Bonchev–Trinajstić information content (AvgIpc) is 3.62. The van der Waals surface area contributed by atoms with Crippen LogP contribution in [-0.4, -0.2) is 31.6 Å². The van der Waals surface area contributed by atoms with E-state index in [1.165, 1.54) is 18.5 Å². The number of para-hydroxylation sites is 1. The van der Waals surface area contributed by atoms with Gasteiger partial charge in [-0.25, -0.2) is 22.8 Å². The number of fused-ring (bicyclic) bond motifs is 1. The predicted octanol–water partition coefficient (Wildman–Crippen LogP) is 5.65. The average molecular weight is 518 g/mol. The largest absolute Gasteiger partial charge is 0.456 e. The molecule has 0 aliphatic carbocycles. The first-order valence-corrected chi connectivity index (χ1v) is 12.9. The van der Waals surface area contributed by atoms with Crippen LogP contribution in [0.1, 0.15) is 12.1 Å². The van der Waals surface area contributed by atoms with Gasteiger partial charge in [0, 0.05) is 11.5 Å². The third-order valence-electron chi connectivity index (χ3n) is 5.95. The van der Waals surface area contributed by atoms with Gasteiger partial charge in [-0.1, -0.05) is 30.3 Å². The number of benzene rings is 3. The Bertz CT molecular complexity index is 1700. The van der Waals surface area contributed by atoms with Gasteiger partial charge in [0.2, 0.25) is 16.1 Å². The molecule has 3 heterocycles. The zero-order chi connectivity index (χ0) is 25.4. The van der Waals surface area contributed by atoms with Crippen molar-refractivity contribution in [3.8, 4) is 11.3 Å². The molecule has 6 rings (SSSR count). The molecule has 0 unspecified atom stereocenters. The van der Waals surface area contributed by atoms with Crippen LogP contribution < -0.4 is 5.32 Å². The molecule has 1 aliphatic rings. The summed E-state index contributed by atoms with van der Waals surface area (Å²) in [5, 5.41) is 3.60. The van der Waals surface area contributed by atoms with Crippen molar-refractivity contribution in [1.82, 2.24) is 9.97 Å². The second-order valence-electron chi connectivity index (χ2n) is 8.28. The van der Waals surface area contributed by atoms with Gasteiger partial charge in [-0.2, -0.15) is 0 Å². The van der Waals surface area contributed by atoms with Crippen LogP contribution in [0.2, 0.25) is 0 Å². The van der Waals surface area contributed by atoms with E-state index >= 15 is 4.39 Å². The van der Waals surface area contributed by atoms with E-state index in [2.05, 4.69) is 15.3 Å². The van der Waals surface area contributed by atoms with Gasteiger partial charge in [0.15, 0.2) is 5.76 Å². The number of ether oxygens (including phenoxy) is 2. The lowest BCUT2D eigenvalue weighted by atomic mass is 10.1. The highest BCUT2D eigenvalue weighted by molar-refractivity contribution is 7.91. The monoisotopic (exact) mass is 517 g/mol. The molecule has 0 spiro atoms. The van der Waals surface area contributed by atoms with Crippen LogP contribution in [-0.2, 0) is 19.3 Å². The number of anilines is 2. The number of halogens is 1. The number of rotatable bonds is 6. The number of aromatic nitrogens is 2. The third-order valence-corrected chi connectivity index (χ3v) is 7.78. The highest BCUT2D eigenvalue weighted by atomic mass is 32.2. The molecule has 10 heteroatoms. The van der Waals surface area contributed by atoms with Crippen molar-refractivity contribution in [2.24, 2.45) is 0 Å². The SMILES string of the molecule is O=S(=O)(c1ccccc1)c1ccccc1Nc1ncnc2cc(F)c(-c3ccc(C4OCCO4)o3)cc12. The van der Waals surface area contributed by atoms with Gasteiger partial charge in [0.05, 0.1) is 39.8 Å². The van der Waals surface area contributed by atoms with Crippen molar-refractivity contribution < 1.29 is 26.7 Å². The van der Waals surface area contributed by atoms with Gasteiger partial charge in [-0.3, -0.25) is 0 Å². The molecular formula is C27H20FN3O5S. The molecule has 8 nitrogen and oxygen atoms in total. The van der Waals surface area contributed by atoms with E-state index in [0.717, 1.165) is 0 Å². The third kappa shape index (κ3) is 4.35. The fourth-order valence-electron chi connectivity index (χ4n) is 4.17. The normalized spacial score (nSPS) is 14.3. The number of sulfone groups is 1. The smallest absolute Gasteiger partial charge is 0.217 e. The summed E-state index contributed by atoms with van der Waals surface area (Å²) in [6, 6.07) is 20.9. The van der Waals surface area contributed by atoms with Crippen molar-refractivity contribution in [3.05, 3.63) is 96.8 Å². The summed E-state index contributed by atoms with van der Waals surface area (Å²) in [6.07, 6.45) is 0.665. The molecule has 0 saturated carbocycles. The Balaban J connectivity index is 1.41. The Morgan fingerprint density at radius 2 is 1.65 bits per heavy atom. The lowest BCUT2D eigenvalue weighted by Crippen LogP contribution is -2.06. The van der Waals surface area contributed by atoms with Gasteiger partial charge >= 0.3 is 0 Å². The Morgan fingerprint density at radius 1 is 0.892 bits per heavy atom. The minimum absolute atomic E-state index is 0.0857. The van der Waals surface area contributed by atoms with Crippen molar-refractivity contribution in [2.45, 2.75) is 16.1 Å². The molecule has 1 saturated heterocycles. The maximum atomic E-state index is 15.1. The summed E-state index contributed by atoms with van der Waals surface area (Å²) < 4.78 is 58.5. The van der Waals surface area contributed by atoms with Crippen LogP contribution in [0.25, 0.3) is 22.2 Å². The number of hydrogen-bond acceptors (Lipinski definition) is 8. The van der Waals surface area contributed by atoms with Gasteiger partial charge < -0.3 is 19.2 Å². The van der Waals surface area contributed by atoms with Crippen molar-refractivity contribution >= 4 is 32.2 Å². The maximum Gasteiger partial charge on any atom is 0.217 e. The molecule has 1 aliphatic heterocycles. The van der Waals surface area contributed by atoms with Crippen molar-refractivity contribution in [2.75, 3.05) is 18.5 Å². The Hall–Kier alpha value is -4.12.